The lowest BCUT2D eigenvalue weighted by Gasteiger charge is -2.16. The van der Waals surface area contributed by atoms with Crippen molar-refractivity contribution in [2.75, 3.05) is 19.8 Å². The topological polar surface area (TPSA) is 55.8 Å². The number of unbranched alkanes of at least 4 members (excludes halogenated alkanes) is 36. The van der Waals surface area contributed by atoms with Crippen molar-refractivity contribution in [3.8, 4) is 0 Å². The lowest BCUT2D eigenvalue weighted by Crippen LogP contribution is -2.27. The Kier molecular flexibility index (Phi) is 49.0. The van der Waals surface area contributed by atoms with Crippen LogP contribution >= 0.6 is 0 Å². The van der Waals surface area contributed by atoms with Crippen LogP contribution in [-0.4, -0.2) is 37.0 Å². The van der Waals surface area contributed by atoms with Gasteiger partial charge in [0.05, 0.1) is 13.2 Å². The molecule has 0 rings (SSSR count). The highest BCUT2D eigenvalue weighted by molar-refractivity contribution is 5.69. The van der Waals surface area contributed by atoms with Crippen molar-refractivity contribution in [2.24, 2.45) is 0 Å². The van der Waals surface area contributed by atoms with Crippen LogP contribution in [-0.2, 0) is 14.3 Å². The highest BCUT2D eigenvalue weighted by atomic mass is 16.6. The average Bonchev–Trinajstić information content (AvgIpc) is 3.20. The number of ether oxygens (including phenoxy) is 2. The maximum Gasteiger partial charge on any atom is 0.306 e. The predicted octanol–water partition coefficient (Wildman–Crippen LogP) is 17.1. The van der Waals surface area contributed by atoms with Gasteiger partial charge in [0.15, 0.2) is 0 Å². The van der Waals surface area contributed by atoms with Crippen molar-refractivity contribution in [2.45, 2.75) is 283 Å². The summed E-state index contributed by atoms with van der Waals surface area (Å²) < 4.78 is 11.2. The van der Waals surface area contributed by atoms with Crippen LogP contribution in [0.4, 0.5) is 0 Å². The lowest BCUT2D eigenvalue weighted by atomic mass is 10.0. The van der Waals surface area contributed by atoms with Gasteiger partial charge in [-0.15, -0.1) is 0 Å². The zero-order valence-corrected chi connectivity index (χ0v) is 38.2. The smallest absolute Gasteiger partial charge is 0.306 e. The SMILES string of the molecule is CCCCC/C=C\C/C=C\CCCCCCCCCCCC(=O)OC(CO)COCCCCCCCCCCCCCCCCCCCCCCCCCCC. The molecule has 4 heteroatoms. The first kappa shape index (κ1) is 54.9. The average molecular weight is 789 g/mol. The summed E-state index contributed by atoms with van der Waals surface area (Å²) in [7, 11) is 0. The highest BCUT2D eigenvalue weighted by Crippen LogP contribution is 2.17. The molecule has 0 saturated heterocycles. The number of esters is 1. The quantitative estimate of drug-likeness (QED) is 0.0379. The standard InChI is InChI=1S/C52H100O4/c1-3-5-7-9-11-13-15-17-19-21-23-24-25-26-27-28-30-32-34-36-38-40-42-44-46-48-55-50-51(49-53)56-52(54)47-45-43-41-39-37-35-33-31-29-22-20-18-16-14-12-10-8-6-4-2/h12,14,18,20,51,53H,3-11,13,15-17,19,21-50H2,1-2H3/b14-12-,20-18-. The number of rotatable bonds is 48. The molecule has 332 valence electrons. The summed E-state index contributed by atoms with van der Waals surface area (Å²) in [6.07, 6.45) is 62.7. The van der Waals surface area contributed by atoms with E-state index in [0.717, 1.165) is 25.7 Å². The molecule has 0 bridgehead atoms. The molecule has 0 spiro atoms. The van der Waals surface area contributed by atoms with Crippen LogP contribution in [0.2, 0.25) is 0 Å². The fraction of sp³-hybridized carbons (Fsp3) is 0.904. The van der Waals surface area contributed by atoms with Crippen LogP contribution < -0.4 is 0 Å². The largest absolute Gasteiger partial charge is 0.457 e. The number of hydrogen-bond donors (Lipinski definition) is 1. The van der Waals surface area contributed by atoms with E-state index in [-0.39, 0.29) is 12.6 Å². The number of hydrogen-bond acceptors (Lipinski definition) is 4. The maximum atomic E-state index is 12.3. The lowest BCUT2D eigenvalue weighted by molar-refractivity contribution is -0.154. The van der Waals surface area contributed by atoms with Gasteiger partial charge in [0.1, 0.15) is 6.10 Å². The summed E-state index contributed by atoms with van der Waals surface area (Å²) in [5.41, 5.74) is 0. The fourth-order valence-electron chi connectivity index (χ4n) is 7.71. The van der Waals surface area contributed by atoms with Gasteiger partial charge in [-0.05, 0) is 44.9 Å². The van der Waals surface area contributed by atoms with Crippen molar-refractivity contribution < 1.29 is 19.4 Å². The van der Waals surface area contributed by atoms with Gasteiger partial charge in [0, 0.05) is 13.0 Å². The third-order valence-corrected chi connectivity index (χ3v) is 11.5. The first-order chi connectivity index (χ1) is 27.7. The molecule has 0 heterocycles. The molecule has 56 heavy (non-hydrogen) atoms. The maximum absolute atomic E-state index is 12.3. The summed E-state index contributed by atoms with van der Waals surface area (Å²) in [6, 6.07) is 0. The van der Waals surface area contributed by atoms with Crippen molar-refractivity contribution in [1.29, 1.82) is 0 Å². The van der Waals surface area contributed by atoms with E-state index in [0.29, 0.717) is 19.6 Å². The second-order valence-electron chi connectivity index (χ2n) is 17.2. The van der Waals surface area contributed by atoms with Crippen molar-refractivity contribution >= 4 is 5.97 Å². The zero-order valence-electron chi connectivity index (χ0n) is 38.2. The number of allylic oxidation sites excluding steroid dienone is 4. The highest BCUT2D eigenvalue weighted by Gasteiger charge is 2.13. The minimum Gasteiger partial charge on any atom is -0.457 e. The summed E-state index contributed by atoms with van der Waals surface area (Å²) >= 11 is 0. The van der Waals surface area contributed by atoms with Gasteiger partial charge in [-0.3, -0.25) is 4.79 Å². The molecule has 1 atom stereocenters. The molecule has 0 radical (unpaired) electrons. The van der Waals surface area contributed by atoms with Crippen LogP contribution in [0.3, 0.4) is 0 Å². The van der Waals surface area contributed by atoms with E-state index in [2.05, 4.69) is 38.2 Å². The molecule has 1 N–H and O–H groups in total. The van der Waals surface area contributed by atoms with Gasteiger partial charge in [-0.1, -0.05) is 250 Å². The molecule has 0 amide bonds. The second-order valence-corrected chi connectivity index (χ2v) is 17.2. The van der Waals surface area contributed by atoms with Crippen molar-refractivity contribution in [3.05, 3.63) is 24.3 Å². The van der Waals surface area contributed by atoms with Gasteiger partial charge in [-0.2, -0.15) is 0 Å². The molecule has 4 nitrogen and oxygen atoms in total. The van der Waals surface area contributed by atoms with Gasteiger partial charge in [0.25, 0.3) is 0 Å². The third-order valence-electron chi connectivity index (χ3n) is 11.5. The molecule has 0 aliphatic heterocycles. The molecular weight excluding hydrogens is 689 g/mol. The third kappa shape index (κ3) is 47.2. The fourth-order valence-corrected chi connectivity index (χ4v) is 7.71. The Morgan fingerprint density at radius 2 is 0.750 bits per heavy atom. The van der Waals surface area contributed by atoms with E-state index in [9.17, 15) is 9.90 Å². The molecule has 0 saturated carbocycles. The summed E-state index contributed by atoms with van der Waals surface area (Å²) in [4.78, 5) is 12.3. The minimum absolute atomic E-state index is 0.169. The first-order valence-electron chi connectivity index (χ1n) is 25.4. The van der Waals surface area contributed by atoms with Crippen LogP contribution in [0, 0.1) is 0 Å². The van der Waals surface area contributed by atoms with Crippen molar-refractivity contribution in [3.63, 3.8) is 0 Å². The summed E-state index contributed by atoms with van der Waals surface area (Å²) in [5.74, 6) is -0.199. The van der Waals surface area contributed by atoms with Crippen LogP contribution in [0.15, 0.2) is 24.3 Å². The van der Waals surface area contributed by atoms with Crippen molar-refractivity contribution in [1.82, 2.24) is 0 Å². The first-order valence-corrected chi connectivity index (χ1v) is 25.4. The molecular formula is C52H100O4. The van der Waals surface area contributed by atoms with Gasteiger partial charge in [0.2, 0.25) is 0 Å². The number of carbonyl (C=O) groups excluding carboxylic acids is 1. The van der Waals surface area contributed by atoms with Gasteiger partial charge in [-0.25, -0.2) is 0 Å². The van der Waals surface area contributed by atoms with E-state index in [1.807, 2.05) is 0 Å². The Morgan fingerprint density at radius 1 is 0.429 bits per heavy atom. The summed E-state index contributed by atoms with van der Waals surface area (Å²) in [5, 5.41) is 9.64. The number of carbonyl (C=O) groups is 1. The van der Waals surface area contributed by atoms with E-state index >= 15 is 0 Å². The molecule has 0 aliphatic rings. The number of aliphatic hydroxyl groups excluding tert-OH is 1. The Labute approximate surface area is 351 Å². The molecule has 0 aromatic carbocycles. The molecule has 0 fully saturated rings. The van der Waals surface area contributed by atoms with E-state index < -0.39 is 6.10 Å². The van der Waals surface area contributed by atoms with Gasteiger partial charge < -0.3 is 14.6 Å². The van der Waals surface area contributed by atoms with E-state index in [1.54, 1.807) is 0 Å². The molecule has 0 aromatic heterocycles. The van der Waals surface area contributed by atoms with Crippen LogP contribution in [0.1, 0.15) is 277 Å². The summed E-state index contributed by atoms with van der Waals surface area (Å²) in [6.45, 7) is 5.37. The normalized spacial score (nSPS) is 12.4. The number of aliphatic hydroxyl groups is 1. The van der Waals surface area contributed by atoms with Crippen LogP contribution in [0.5, 0.6) is 0 Å². The monoisotopic (exact) mass is 789 g/mol. The Balaban J connectivity index is 3.35. The van der Waals surface area contributed by atoms with E-state index in [4.69, 9.17) is 9.47 Å². The Morgan fingerprint density at radius 3 is 1.14 bits per heavy atom. The Bertz CT molecular complexity index is 792. The Hall–Kier alpha value is -1.13. The van der Waals surface area contributed by atoms with Gasteiger partial charge >= 0.3 is 5.97 Å². The van der Waals surface area contributed by atoms with Crippen LogP contribution in [0.25, 0.3) is 0 Å². The molecule has 0 aromatic rings. The second kappa shape index (κ2) is 50.0. The molecule has 0 aliphatic carbocycles. The zero-order chi connectivity index (χ0) is 40.5. The predicted molar refractivity (Wildman–Crippen MR) is 247 cm³/mol. The van der Waals surface area contributed by atoms with E-state index in [1.165, 1.54) is 231 Å². The minimum atomic E-state index is -0.533. The molecule has 1 unspecified atom stereocenters.